The first-order valence-corrected chi connectivity index (χ1v) is 12.7. The predicted octanol–water partition coefficient (Wildman–Crippen LogP) is 5.37. The number of anilines is 1. The van der Waals surface area contributed by atoms with Crippen molar-refractivity contribution < 1.29 is 33.4 Å². The Morgan fingerprint density at radius 1 is 1.11 bits per heavy atom. The van der Waals surface area contributed by atoms with Gasteiger partial charge in [-0.15, -0.1) is 0 Å². The summed E-state index contributed by atoms with van der Waals surface area (Å²) in [7, 11) is 0. The molecule has 0 aliphatic heterocycles. The molecule has 0 spiro atoms. The highest BCUT2D eigenvalue weighted by Gasteiger charge is 2.62. The maximum Gasteiger partial charge on any atom is 0.329 e. The number of carbonyl (C=O) groups excluding carboxylic acids is 2. The smallest absolute Gasteiger partial charge is 0.329 e. The summed E-state index contributed by atoms with van der Waals surface area (Å²) < 4.78 is 27.3. The number of carboxylic acids is 1. The SMILES string of the molecule is CCNc1cc([C@@H](C)N(CCCCc2ccccc2)C(=O)NC2(C(=O)O)CC(F)(F)C2)cc(O)c1C(C)=O. The number of phenolic OH excluding ortho intramolecular Hbond substituents is 1. The van der Waals surface area contributed by atoms with Gasteiger partial charge in [0, 0.05) is 31.6 Å². The van der Waals surface area contributed by atoms with E-state index in [0.717, 1.165) is 18.4 Å². The van der Waals surface area contributed by atoms with Gasteiger partial charge in [-0.25, -0.2) is 18.4 Å². The number of urea groups is 1. The fourth-order valence-corrected chi connectivity index (χ4v) is 4.90. The highest BCUT2D eigenvalue weighted by Crippen LogP contribution is 2.46. The molecule has 0 aromatic heterocycles. The van der Waals surface area contributed by atoms with E-state index in [9.17, 15) is 33.4 Å². The van der Waals surface area contributed by atoms with Gasteiger partial charge >= 0.3 is 12.0 Å². The molecule has 0 radical (unpaired) electrons. The molecule has 206 valence electrons. The molecule has 2 aromatic rings. The van der Waals surface area contributed by atoms with Gasteiger partial charge in [-0.2, -0.15) is 0 Å². The van der Waals surface area contributed by atoms with Crippen molar-refractivity contribution in [2.75, 3.05) is 18.4 Å². The van der Waals surface area contributed by atoms with Gasteiger partial charge in [0.15, 0.2) is 11.3 Å². The van der Waals surface area contributed by atoms with Crippen LogP contribution in [-0.4, -0.2) is 57.4 Å². The normalized spacial score (nSPS) is 16.1. The van der Waals surface area contributed by atoms with E-state index in [0.29, 0.717) is 24.2 Å². The maximum atomic E-state index is 13.7. The second-order valence-electron chi connectivity index (χ2n) is 9.89. The van der Waals surface area contributed by atoms with Crippen LogP contribution in [0.1, 0.15) is 74.0 Å². The van der Waals surface area contributed by atoms with Crippen molar-refractivity contribution in [3.8, 4) is 5.75 Å². The number of carbonyl (C=O) groups is 3. The van der Waals surface area contributed by atoms with Crippen molar-refractivity contribution in [1.29, 1.82) is 0 Å². The number of aromatic hydroxyl groups is 1. The number of aryl methyl sites for hydroxylation is 1. The highest BCUT2D eigenvalue weighted by molar-refractivity contribution is 6.02. The van der Waals surface area contributed by atoms with Gasteiger partial charge in [-0.1, -0.05) is 30.3 Å². The third-order valence-electron chi connectivity index (χ3n) is 6.90. The van der Waals surface area contributed by atoms with Crippen LogP contribution in [0.3, 0.4) is 0 Å². The van der Waals surface area contributed by atoms with Crippen molar-refractivity contribution in [2.24, 2.45) is 0 Å². The first kappa shape index (κ1) is 28.9. The molecule has 10 heteroatoms. The van der Waals surface area contributed by atoms with Gasteiger partial charge in [0.25, 0.3) is 5.92 Å². The van der Waals surface area contributed by atoms with Gasteiger partial charge in [0.2, 0.25) is 0 Å². The maximum absolute atomic E-state index is 13.7. The topological polar surface area (TPSA) is 119 Å². The Bertz CT molecular complexity index is 1160. The van der Waals surface area contributed by atoms with Crippen molar-refractivity contribution in [3.05, 3.63) is 59.2 Å². The number of halogens is 2. The van der Waals surface area contributed by atoms with E-state index in [1.165, 1.54) is 17.9 Å². The largest absolute Gasteiger partial charge is 0.507 e. The standard InChI is InChI=1S/C28H35F2N3O5/c1-4-31-22-14-21(15-23(35)24(22)19(3)34)18(2)33(13-9-8-12-20-10-6-5-7-11-20)26(38)32-27(25(36)37)16-28(29,30)17-27/h5-7,10-11,14-15,18,31,35H,4,8-9,12-13,16-17H2,1-3H3,(H,32,38)(H,36,37)/t18-/m1/s1. The molecule has 0 bridgehead atoms. The summed E-state index contributed by atoms with van der Waals surface area (Å²) >= 11 is 0. The number of nitrogens with one attached hydrogen (secondary N) is 2. The van der Waals surface area contributed by atoms with E-state index in [-0.39, 0.29) is 23.6 Å². The van der Waals surface area contributed by atoms with E-state index < -0.39 is 42.3 Å². The number of amides is 2. The number of hydrogen-bond donors (Lipinski definition) is 4. The molecule has 0 saturated heterocycles. The van der Waals surface area contributed by atoms with Gasteiger partial charge in [-0.05, 0) is 63.3 Å². The lowest BCUT2D eigenvalue weighted by molar-refractivity contribution is -0.175. The first-order valence-electron chi connectivity index (χ1n) is 12.7. The number of aliphatic carboxylic acids is 1. The minimum atomic E-state index is -3.16. The van der Waals surface area contributed by atoms with E-state index in [1.54, 1.807) is 13.0 Å². The Labute approximate surface area is 221 Å². The fraction of sp³-hybridized carbons (Fsp3) is 0.464. The Morgan fingerprint density at radius 2 is 1.76 bits per heavy atom. The summed E-state index contributed by atoms with van der Waals surface area (Å²) in [6, 6.07) is 11.4. The molecule has 2 amide bonds. The summed E-state index contributed by atoms with van der Waals surface area (Å²) in [5, 5.41) is 25.6. The van der Waals surface area contributed by atoms with Crippen LogP contribution in [0.4, 0.5) is 19.3 Å². The molecule has 4 N–H and O–H groups in total. The molecule has 8 nitrogen and oxygen atoms in total. The van der Waals surface area contributed by atoms with E-state index in [4.69, 9.17) is 0 Å². The van der Waals surface area contributed by atoms with Gasteiger partial charge < -0.3 is 25.7 Å². The molecular weight excluding hydrogens is 496 g/mol. The quantitative estimate of drug-likeness (QED) is 0.216. The lowest BCUT2D eigenvalue weighted by Crippen LogP contribution is -2.68. The average Bonchev–Trinajstić information content (AvgIpc) is 2.82. The van der Waals surface area contributed by atoms with Gasteiger partial charge in [0.05, 0.1) is 11.6 Å². The van der Waals surface area contributed by atoms with Crippen LogP contribution in [0.2, 0.25) is 0 Å². The van der Waals surface area contributed by atoms with Crippen LogP contribution in [0.25, 0.3) is 0 Å². The number of Topliss-reactive ketones (excluding diaryl/α,β-unsaturated/α-hetero) is 1. The minimum Gasteiger partial charge on any atom is -0.507 e. The zero-order valence-corrected chi connectivity index (χ0v) is 21.9. The Kier molecular flexibility index (Phi) is 8.96. The molecule has 1 atom stereocenters. The Morgan fingerprint density at radius 3 is 2.32 bits per heavy atom. The Hall–Kier alpha value is -3.69. The number of nitrogens with zero attached hydrogens (tertiary/aromatic N) is 1. The second-order valence-corrected chi connectivity index (χ2v) is 9.89. The number of alkyl halides is 2. The van der Waals surface area contributed by atoms with Crippen molar-refractivity contribution in [3.63, 3.8) is 0 Å². The van der Waals surface area contributed by atoms with Crippen LogP contribution in [0.5, 0.6) is 5.75 Å². The molecule has 2 aromatic carbocycles. The number of benzene rings is 2. The first-order chi connectivity index (χ1) is 17.9. The van der Waals surface area contributed by atoms with Gasteiger partial charge in [0.1, 0.15) is 5.75 Å². The fourth-order valence-electron chi connectivity index (χ4n) is 4.90. The molecule has 1 aliphatic rings. The second kappa shape index (κ2) is 11.8. The number of unbranched alkanes of at least 4 members (excludes halogenated alkanes) is 1. The van der Waals surface area contributed by atoms with Crippen LogP contribution in [-0.2, 0) is 11.2 Å². The van der Waals surface area contributed by atoms with Crippen LogP contribution in [0, 0.1) is 0 Å². The molecule has 1 fully saturated rings. The zero-order valence-electron chi connectivity index (χ0n) is 21.9. The Balaban J connectivity index is 1.86. The van der Waals surface area contributed by atoms with Gasteiger partial charge in [-0.3, -0.25) is 4.79 Å². The molecular formula is C28H35F2N3O5. The monoisotopic (exact) mass is 531 g/mol. The summed E-state index contributed by atoms with van der Waals surface area (Å²) in [6.45, 7) is 5.58. The highest BCUT2D eigenvalue weighted by atomic mass is 19.3. The van der Waals surface area contributed by atoms with Crippen molar-refractivity contribution in [1.82, 2.24) is 10.2 Å². The molecule has 3 rings (SSSR count). The van der Waals surface area contributed by atoms with Crippen LogP contribution < -0.4 is 10.6 Å². The minimum absolute atomic E-state index is 0.128. The molecule has 0 heterocycles. The zero-order chi connectivity index (χ0) is 28.1. The number of rotatable bonds is 12. The third kappa shape index (κ3) is 6.59. The predicted molar refractivity (Wildman–Crippen MR) is 140 cm³/mol. The molecule has 1 saturated carbocycles. The summed E-state index contributed by atoms with van der Waals surface area (Å²) in [5.74, 6) is -5.25. The summed E-state index contributed by atoms with van der Waals surface area (Å²) in [5.41, 5.74) is 0.135. The summed E-state index contributed by atoms with van der Waals surface area (Å²) in [4.78, 5) is 38.7. The van der Waals surface area contributed by atoms with E-state index in [1.807, 2.05) is 37.3 Å². The van der Waals surface area contributed by atoms with Crippen molar-refractivity contribution >= 4 is 23.5 Å². The summed E-state index contributed by atoms with van der Waals surface area (Å²) in [6.07, 6.45) is 0.126. The number of hydrogen-bond acceptors (Lipinski definition) is 5. The number of carboxylic acid groups (broad SMARTS) is 1. The third-order valence-corrected chi connectivity index (χ3v) is 6.90. The van der Waals surface area contributed by atoms with Crippen LogP contribution >= 0.6 is 0 Å². The number of phenols is 1. The molecule has 0 unspecified atom stereocenters. The lowest BCUT2D eigenvalue weighted by atomic mass is 9.73. The van der Waals surface area contributed by atoms with Crippen LogP contribution in [0.15, 0.2) is 42.5 Å². The van der Waals surface area contributed by atoms with Crippen molar-refractivity contribution in [2.45, 2.75) is 70.4 Å². The van der Waals surface area contributed by atoms with E-state index >= 15 is 0 Å². The molecule has 38 heavy (non-hydrogen) atoms. The average molecular weight is 532 g/mol. The number of ketones is 1. The lowest BCUT2D eigenvalue weighted by Gasteiger charge is -2.45. The van der Waals surface area contributed by atoms with E-state index in [2.05, 4.69) is 10.6 Å². The molecule has 1 aliphatic carbocycles.